The monoisotopic (exact) mass is 214 g/mol. The number of nitrogens with zero attached hydrogens (tertiary/aromatic N) is 1. The summed E-state index contributed by atoms with van der Waals surface area (Å²) in [5.41, 5.74) is 6.94. The van der Waals surface area contributed by atoms with Gasteiger partial charge in [-0.25, -0.2) is 4.98 Å². The Bertz CT molecular complexity index is 315. The molecule has 0 amide bonds. The fourth-order valence-electron chi connectivity index (χ4n) is 1.17. The van der Waals surface area contributed by atoms with Gasteiger partial charge in [-0.3, -0.25) is 0 Å². The van der Waals surface area contributed by atoms with E-state index in [4.69, 9.17) is 22.1 Å². The van der Waals surface area contributed by atoms with Gasteiger partial charge in [-0.2, -0.15) is 0 Å². The minimum Gasteiger partial charge on any atom is -0.481 e. The largest absolute Gasteiger partial charge is 0.481 e. The molecule has 0 saturated heterocycles. The molecule has 4 heteroatoms. The molecule has 0 aromatic carbocycles. The third kappa shape index (κ3) is 2.59. The second kappa shape index (κ2) is 4.62. The maximum Gasteiger partial charge on any atom is 0.214 e. The Morgan fingerprint density at radius 3 is 2.57 bits per heavy atom. The van der Waals surface area contributed by atoms with Crippen molar-refractivity contribution < 1.29 is 4.74 Å². The van der Waals surface area contributed by atoms with Gasteiger partial charge in [0.2, 0.25) is 5.88 Å². The lowest BCUT2D eigenvalue weighted by atomic mass is 9.98. The molecule has 1 atom stereocenters. The van der Waals surface area contributed by atoms with Gasteiger partial charge in [0.1, 0.15) is 5.15 Å². The highest BCUT2D eigenvalue weighted by Crippen LogP contribution is 2.24. The maximum absolute atomic E-state index is 5.99. The van der Waals surface area contributed by atoms with Crippen molar-refractivity contribution in [2.24, 2.45) is 11.7 Å². The quantitative estimate of drug-likeness (QED) is 0.787. The third-order valence-electron chi connectivity index (χ3n) is 2.11. The molecule has 0 aliphatic rings. The smallest absolute Gasteiger partial charge is 0.214 e. The van der Waals surface area contributed by atoms with E-state index in [1.807, 2.05) is 6.07 Å². The Kier molecular flexibility index (Phi) is 3.72. The Balaban J connectivity index is 3.02. The number of hydrogen-bond donors (Lipinski definition) is 1. The zero-order valence-electron chi connectivity index (χ0n) is 8.62. The Labute approximate surface area is 89.2 Å². The van der Waals surface area contributed by atoms with Crippen LogP contribution in [0.4, 0.5) is 0 Å². The molecule has 0 fully saturated rings. The van der Waals surface area contributed by atoms with Crippen LogP contribution < -0.4 is 10.5 Å². The average molecular weight is 215 g/mol. The Morgan fingerprint density at radius 2 is 2.07 bits per heavy atom. The molecule has 78 valence electrons. The lowest BCUT2D eigenvalue weighted by Gasteiger charge is -2.16. The van der Waals surface area contributed by atoms with Crippen LogP contribution in [0.3, 0.4) is 0 Å². The molecule has 0 aliphatic carbocycles. The molecule has 0 radical (unpaired) electrons. The highest BCUT2D eigenvalue weighted by Gasteiger charge is 2.12. The van der Waals surface area contributed by atoms with Gasteiger partial charge >= 0.3 is 0 Å². The minimum absolute atomic E-state index is 0.0376. The number of halogens is 1. The van der Waals surface area contributed by atoms with E-state index in [2.05, 4.69) is 18.8 Å². The zero-order valence-corrected chi connectivity index (χ0v) is 9.38. The van der Waals surface area contributed by atoms with Crippen molar-refractivity contribution in [2.45, 2.75) is 19.9 Å². The highest BCUT2D eigenvalue weighted by molar-refractivity contribution is 6.29. The summed E-state index contributed by atoms with van der Waals surface area (Å²) in [6.45, 7) is 4.12. The van der Waals surface area contributed by atoms with Gasteiger partial charge in [0.05, 0.1) is 7.11 Å². The predicted octanol–water partition coefficient (Wildman–Crippen LogP) is 2.40. The summed E-state index contributed by atoms with van der Waals surface area (Å²) >= 11 is 5.83. The second-order valence-corrected chi connectivity index (χ2v) is 3.92. The van der Waals surface area contributed by atoms with Crippen molar-refractivity contribution >= 4 is 11.6 Å². The van der Waals surface area contributed by atoms with Gasteiger partial charge in [-0.1, -0.05) is 25.4 Å². The van der Waals surface area contributed by atoms with Crippen LogP contribution in [-0.4, -0.2) is 12.1 Å². The van der Waals surface area contributed by atoms with E-state index in [1.54, 1.807) is 13.2 Å². The van der Waals surface area contributed by atoms with Gasteiger partial charge in [-0.05, 0) is 17.5 Å². The van der Waals surface area contributed by atoms with E-state index in [0.717, 1.165) is 5.56 Å². The molecule has 2 N–H and O–H groups in total. The zero-order chi connectivity index (χ0) is 10.7. The van der Waals surface area contributed by atoms with Crippen LogP contribution in [0.2, 0.25) is 5.15 Å². The van der Waals surface area contributed by atoms with E-state index < -0.39 is 0 Å². The van der Waals surface area contributed by atoms with E-state index in [-0.39, 0.29) is 6.04 Å². The van der Waals surface area contributed by atoms with Crippen molar-refractivity contribution in [1.29, 1.82) is 0 Å². The Hall–Kier alpha value is -0.800. The number of aromatic nitrogens is 1. The number of nitrogens with two attached hydrogens (primary N) is 1. The second-order valence-electron chi connectivity index (χ2n) is 3.54. The number of rotatable bonds is 3. The lowest BCUT2D eigenvalue weighted by molar-refractivity contribution is 0.395. The van der Waals surface area contributed by atoms with Gasteiger partial charge in [0.25, 0.3) is 0 Å². The molecule has 3 nitrogen and oxygen atoms in total. The van der Waals surface area contributed by atoms with E-state index >= 15 is 0 Å². The van der Waals surface area contributed by atoms with Crippen LogP contribution in [0.25, 0.3) is 0 Å². The molecule has 0 saturated carbocycles. The first kappa shape index (κ1) is 11.3. The number of methoxy groups -OCH3 is 1. The van der Waals surface area contributed by atoms with Crippen molar-refractivity contribution in [3.8, 4) is 5.88 Å². The van der Waals surface area contributed by atoms with Crippen molar-refractivity contribution in [3.63, 3.8) is 0 Å². The fraction of sp³-hybridized carbons (Fsp3) is 0.500. The summed E-state index contributed by atoms with van der Waals surface area (Å²) in [6.07, 6.45) is 0. The van der Waals surface area contributed by atoms with E-state index in [0.29, 0.717) is 17.0 Å². The minimum atomic E-state index is -0.0376. The van der Waals surface area contributed by atoms with Crippen LogP contribution in [0.15, 0.2) is 12.1 Å². The van der Waals surface area contributed by atoms with Gasteiger partial charge in [0, 0.05) is 12.1 Å². The molecule has 0 bridgehead atoms. The summed E-state index contributed by atoms with van der Waals surface area (Å²) < 4.78 is 5.01. The van der Waals surface area contributed by atoms with E-state index in [9.17, 15) is 0 Å². The van der Waals surface area contributed by atoms with Crippen molar-refractivity contribution in [2.75, 3.05) is 7.11 Å². The summed E-state index contributed by atoms with van der Waals surface area (Å²) in [7, 11) is 1.56. The van der Waals surface area contributed by atoms with E-state index in [1.165, 1.54) is 0 Å². The Morgan fingerprint density at radius 1 is 1.43 bits per heavy atom. The van der Waals surface area contributed by atoms with Crippen molar-refractivity contribution in [3.05, 3.63) is 22.8 Å². The molecule has 0 aliphatic heterocycles. The predicted molar refractivity (Wildman–Crippen MR) is 57.6 cm³/mol. The first-order valence-electron chi connectivity index (χ1n) is 4.51. The topological polar surface area (TPSA) is 48.1 Å². The lowest BCUT2D eigenvalue weighted by Crippen LogP contribution is -2.16. The first-order valence-corrected chi connectivity index (χ1v) is 4.89. The number of ether oxygens (including phenoxy) is 1. The van der Waals surface area contributed by atoms with Crippen LogP contribution in [-0.2, 0) is 0 Å². The van der Waals surface area contributed by atoms with Gasteiger partial charge < -0.3 is 10.5 Å². The van der Waals surface area contributed by atoms with Crippen molar-refractivity contribution in [1.82, 2.24) is 4.98 Å². The van der Waals surface area contributed by atoms with Gasteiger partial charge in [0.15, 0.2) is 0 Å². The summed E-state index contributed by atoms with van der Waals surface area (Å²) in [6, 6.07) is 3.55. The molecule has 1 rings (SSSR count). The molecular formula is C10H15ClN2O. The maximum atomic E-state index is 5.99. The average Bonchev–Trinajstić information content (AvgIpc) is 2.15. The molecule has 14 heavy (non-hydrogen) atoms. The third-order valence-corrected chi connectivity index (χ3v) is 2.30. The summed E-state index contributed by atoms with van der Waals surface area (Å²) in [4.78, 5) is 3.98. The highest BCUT2D eigenvalue weighted by atomic mass is 35.5. The summed E-state index contributed by atoms with van der Waals surface area (Å²) in [5.74, 6) is 0.863. The van der Waals surface area contributed by atoms with Crippen LogP contribution in [0, 0.1) is 5.92 Å². The molecule has 1 heterocycles. The SMILES string of the molecule is COc1cc(C(N)C(C)C)cc(Cl)n1. The van der Waals surface area contributed by atoms with Crippen LogP contribution >= 0.6 is 11.6 Å². The summed E-state index contributed by atoms with van der Waals surface area (Å²) in [5, 5.41) is 0.412. The van der Waals surface area contributed by atoms with Gasteiger partial charge in [-0.15, -0.1) is 0 Å². The number of hydrogen-bond acceptors (Lipinski definition) is 3. The first-order chi connectivity index (χ1) is 6.54. The fourth-order valence-corrected chi connectivity index (χ4v) is 1.38. The van der Waals surface area contributed by atoms with Crippen LogP contribution in [0.1, 0.15) is 25.5 Å². The molecular weight excluding hydrogens is 200 g/mol. The molecule has 0 spiro atoms. The molecule has 1 unspecified atom stereocenters. The number of pyridine rings is 1. The normalized spacial score (nSPS) is 13.0. The van der Waals surface area contributed by atoms with Crippen LogP contribution in [0.5, 0.6) is 5.88 Å². The standard InChI is InChI=1S/C10H15ClN2O/c1-6(2)10(12)7-4-8(11)13-9(5-7)14-3/h4-6,10H,12H2,1-3H3. The molecule has 1 aromatic rings. The molecule has 1 aromatic heterocycles.